The molecule has 0 spiro atoms. The van der Waals surface area contributed by atoms with Gasteiger partial charge in [-0.1, -0.05) is 30.3 Å². The molecule has 24 heavy (non-hydrogen) atoms. The van der Waals surface area contributed by atoms with Crippen LogP contribution in [0.1, 0.15) is 11.1 Å². The quantitative estimate of drug-likeness (QED) is 0.885. The number of carbonyl (C=O) groups is 1. The van der Waals surface area contributed by atoms with E-state index >= 15 is 0 Å². The largest absolute Gasteiger partial charge is 0.497 e. The summed E-state index contributed by atoms with van der Waals surface area (Å²) in [4.78, 5) is 11.9. The van der Waals surface area contributed by atoms with Gasteiger partial charge in [0.05, 0.1) is 19.8 Å². The molecule has 0 aromatic heterocycles. The predicted molar refractivity (Wildman–Crippen MR) is 90.2 cm³/mol. The fraction of sp³-hybridized carbons (Fsp3) is 0.316. The molecule has 0 bridgehead atoms. The van der Waals surface area contributed by atoms with Crippen LogP contribution < -0.4 is 14.8 Å². The Bertz CT molecular complexity index is 701. The summed E-state index contributed by atoms with van der Waals surface area (Å²) in [5.74, 6) is 1.13. The Morgan fingerprint density at radius 3 is 2.79 bits per heavy atom. The molecule has 1 atom stereocenters. The maximum atomic E-state index is 11.9. The first kappa shape index (κ1) is 16.3. The molecule has 1 aliphatic heterocycles. The molecule has 0 saturated heterocycles. The van der Waals surface area contributed by atoms with Gasteiger partial charge in [-0.15, -0.1) is 0 Å². The zero-order valence-corrected chi connectivity index (χ0v) is 13.7. The number of fused-ring (bicyclic) bond motifs is 1. The molecule has 3 rings (SSSR count). The Morgan fingerprint density at radius 1 is 1.17 bits per heavy atom. The van der Waals surface area contributed by atoms with Gasteiger partial charge in [0.2, 0.25) is 0 Å². The van der Waals surface area contributed by atoms with Crippen LogP contribution in [0.2, 0.25) is 0 Å². The van der Waals surface area contributed by atoms with Crippen molar-refractivity contribution in [2.45, 2.75) is 19.1 Å². The van der Waals surface area contributed by atoms with Gasteiger partial charge in [-0.25, -0.2) is 0 Å². The lowest BCUT2D eigenvalue weighted by atomic mass is 9.99. The van der Waals surface area contributed by atoms with Crippen LogP contribution in [0.3, 0.4) is 0 Å². The van der Waals surface area contributed by atoms with Crippen LogP contribution in [-0.2, 0) is 22.6 Å². The van der Waals surface area contributed by atoms with Crippen molar-refractivity contribution in [1.82, 2.24) is 5.32 Å². The van der Waals surface area contributed by atoms with E-state index in [2.05, 4.69) is 17.4 Å². The van der Waals surface area contributed by atoms with E-state index in [9.17, 15) is 4.79 Å². The van der Waals surface area contributed by atoms with E-state index in [1.807, 2.05) is 24.3 Å². The summed E-state index contributed by atoms with van der Waals surface area (Å²) in [6.07, 6.45) is 0.813. The van der Waals surface area contributed by atoms with E-state index < -0.39 is 0 Å². The molecule has 1 N–H and O–H groups in total. The van der Waals surface area contributed by atoms with Crippen molar-refractivity contribution in [1.29, 1.82) is 0 Å². The minimum absolute atomic E-state index is 0.000620. The zero-order valence-electron chi connectivity index (χ0n) is 13.7. The van der Waals surface area contributed by atoms with Gasteiger partial charge in [-0.3, -0.25) is 4.79 Å². The highest BCUT2D eigenvalue weighted by molar-refractivity contribution is 5.77. The second-order valence-corrected chi connectivity index (χ2v) is 5.68. The molecule has 5 nitrogen and oxygen atoms in total. The lowest BCUT2D eigenvalue weighted by Gasteiger charge is -2.25. The third-order valence-corrected chi connectivity index (χ3v) is 3.98. The molecular weight excluding hydrogens is 306 g/mol. The van der Waals surface area contributed by atoms with Crippen molar-refractivity contribution in [3.63, 3.8) is 0 Å². The number of rotatable bonds is 6. The molecule has 0 fully saturated rings. The summed E-state index contributed by atoms with van der Waals surface area (Å²) in [7, 11) is 1.59. The van der Waals surface area contributed by atoms with Crippen molar-refractivity contribution in [2.75, 3.05) is 20.3 Å². The summed E-state index contributed by atoms with van der Waals surface area (Å²) in [5, 5.41) is 2.86. The summed E-state index contributed by atoms with van der Waals surface area (Å²) < 4.78 is 16.4. The highest BCUT2D eigenvalue weighted by Crippen LogP contribution is 2.20. The van der Waals surface area contributed by atoms with E-state index in [0.717, 1.165) is 6.42 Å². The van der Waals surface area contributed by atoms with E-state index in [1.54, 1.807) is 19.2 Å². The lowest BCUT2D eigenvalue weighted by molar-refractivity contribution is -0.123. The molecule has 126 valence electrons. The molecule has 1 unspecified atom stereocenters. The Hall–Kier alpha value is -2.53. The third kappa shape index (κ3) is 4.26. The zero-order chi connectivity index (χ0) is 16.8. The monoisotopic (exact) mass is 327 g/mol. The molecule has 0 aliphatic carbocycles. The highest BCUT2D eigenvalue weighted by Gasteiger charge is 2.19. The van der Waals surface area contributed by atoms with Gasteiger partial charge in [0.15, 0.2) is 6.61 Å². The number of methoxy groups -OCH3 is 1. The van der Waals surface area contributed by atoms with Crippen LogP contribution in [-0.4, -0.2) is 32.3 Å². The SMILES string of the molecule is COc1cccc(OCC(=O)NCC2Cc3ccccc3CO2)c1. The van der Waals surface area contributed by atoms with Gasteiger partial charge in [-0.05, 0) is 23.3 Å². The predicted octanol–water partition coefficient (Wildman–Crippen LogP) is 2.33. The molecule has 1 amide bonds. The Morgan fingerprint density at radius 2 is 1.96 bits per heavy atom. The van der Waals surface area contributed by atoms with Crippen LogP contribution in [0.4, 0.5) is 0 Å². The molecule has 5 heteroatoms. The van der Waals surface area contributed by atoms with Crippen LogP contribution in [0.15, 0.2) is 48.5 Å². The fourth-order valence-corrected chi connectivity index (χ4v) is 2.66. The average Bonchev–Trinajstić information content (AvgIpc) is 2.64. The lowest BCUT2D eigenvalue weighted by Crippen LogP contribution is -2.38. The first-order valence-corrected chi connectivity index (χ1v) is 7.96. The maximum Gasteiger partial charge on any atom is 0.258 e. The smallest absolute Gasteiger partial charge is 0.258 e. The Kier molecular flexibility index (Phi) is 5.33. The molecule has 2 aromatic carbocycles. The highest BCUT2D eigenvalue weighted by atomic mass is 16.5. The Balaban J connectivity index is 1.43. The summed E-state index contributed by atoms with van der Waals surface area (Å²) in [5.41, 5.74) is 2.51. The first-order valence-electron chi connectivity index (χ1n) is 7.96. The molecule has 1 aliphatic rings. The van der Waals surface area contributed by atoms with Crippen molar-refractivity contribution < 1.29 is 19.0 Å². The second kappa shape index (κ2) is 7.84. The number of hydrogen-bond donors (Lipinski definition) is 1. The van der Waals surface area contributed by atoms with Gasteiger partial charge in [0.1, 0.15) is 11.5 Å². The standard InChI is InChI=1S/C19H21NO4/c1-22-16-7-4-8-17(10-16)24-13-19(21)20-11-18-9-14-5-2-3-6-15(14)12-23-18/h2-8,10,18H,9,11-13H2,1H3,(H,20,21). The van der Waals surface area contributed by atoms with Crippen molar-refractivity contribution in [3.05, 3.63) is 59.7 Å². The molecule has 2 aromatic rings. The van der Waals surface area contributed by atoms with E-state index in [0.29, 0.717) is 24.7 Å². The van der Waals surface area contributed by atoms with E-state index in [4.69, 9.17) is 14.2 Å². The topological polar surface area (TPSA) is 56.8 Å². The van der Waals surface area contributed by atoms with Crippen LogP contribution in [0, 0.1) is 0 Å². The van der Waals surface area contributed by atoms with Crippen LogP contribution >= 0.6 is 0 Å². The number of hydrogen-bond acceptors (Lipinski definition) is 4. The minimum Gasteiger partial charge on any atom is -0.497 e. The minimum atomic E-state index is -0.166. The number of benzene rings is 2. The van der Waals surface area contributed by atoms with Gasteiger partial charge >= 0.3 is 0 Å². The number of ether oxygens (including phenoxy) is 3. The van der Waals surface area contributed by atoms with Crippen LogP contribution in [0.25, 0.3) is 0 Å². The van der Waals surface area contributed by atoms with Crippen molar-refractivity contribution >= 4 is 5.91 Å². The summed E-state index contributed by atoms with van der Waals surface area (Å²) in [6, 6.07) is 15.4. The summed E-state index contributed by atoms with van der Waals surface area (Å²) in [6.45, 7) is 1.04. The molecule has 0 saturated carbocycles. The fourth-order valence-electron chi connectivity index (χ4n) is 2.66. The second-order valence-electron chi connectivity index (χ2n) is 5.68. The van der Waals surface area contributed by atoms with Gasteiger partial charge in [-0.2, -0.15) is 0 Å². The van der Waals surface area contributed by atoms with E-state index in [1.165, 1.54) is 11.1 Å². The Labute approximate surface area is 141 Å². The normalized spacial score (nSPS) is 16.1. The number of amides is 1. The van der Waals surface area contributed by atoms with Gasteiger partial charge in [0, 0.05) is 19.0 Å². The average molecular weight is 327 g/mol. The van der Waals surface area contributed by atoms with Crippen LogP contribution in [0.5, 0.6) is 11.5 Å². The third-order valence-electron chi connectivity index (χ3n) is 3.98. The van der Waals surface area contributed by atoms with Crippen molar-refractivity contribution in [2.24, 2.45) is 0 Å². The number of carbonyl (C=O) groups excluding carboxylic acids is 1. The molecule has 1 heterocycles. The first-order chi connectivity index (χ1) is 11.7. The van der Waals surface area contributed by atoms with Gasteiger partial charge < -0.3 is 19.5 Å². The number of nitrogens with one attached hydrogen (secondary N) is 1. The van der Waals surface area contributed by atoms with Crippen molar-refractivity contribution in [3.8, 4) is 11.5 Å². The summed E-state index contributed by atoms with van der Waals surface area (Å²) >= 11 is 0. The molecule has 0 radical (unpaired) electrons. The molecular formula is C19H21NO4. The maximum absolute atomic E-state index is 11.9. The van der Waals surface area contributed by atoms with Gasteiger partial charge in [0.25, 0.3) is 5.91 Å². The van der Waals surface area contributed by atoms with E-state index in [-0.39, 0.29) is 18.6 Å².